The zero-order valence-corrected chi connectivity index (χ0v) is 18.9. The van der Waals surface area contributed by atoms with Crippen molar-refractivity contribution in [3.05, 3.63) is 62.5 Å². The summed E-state index contributed by atoms with van der Waals surface area (Å²) in [4.78, 5) is 14.8. The van der Waals surface area contributed by atoms with Crippen LogP contribution in [0.4, 0.5) is 0 Å². The van der Waals surface area contributed by atoms with Crippen LogP contribution in [0, 0.1) is 5.92 Å². The van der Waals surface area contributed by atoms with Gasteiger partial charge in [0.1, 0.15) is 5.75 Å². The Morgan fingerprint density at radius 2 is 1.86 bits per heavy atom. The van der Waals surface area contributed by atoms with Crippen LogP contribution in [0.25, 0.3) is 0 Å². The van der Waals surface area contributed by atoms with Gasteiger partial charge in [-0.25, -0.2) is 5.43 Å². The summed E-state index contributed by atoms with van der Waals surface area (Å²) in [7, 11) is 1.61. The van der Waals surface area contributed by atoms with Gasteiger partial charge in [-0.15, -0.1) is 0 Å². The minimum absolute atomic E-state index is 0.00252. The molecule has 0 aromatic heterocycles. The van der Waals surface area contributed by atoms with Crippen molar-refractivity contribution >= 4 is 44.0 Å². The van der Waals surface area contributed by atoms with Crippen molar-refractivity contribution in [2.24, 2.45) is 11.0 Å². The highest BCUT2D eigenvalue weighted by Gasteiger charge is 2.24. The highest BCUT2D eigenvalue weighted by atomic mass is 79.9. The number of ether oxygens (including phenoxy) is 1. The first-order valence-corrected chi connectivity index (χ1v) is 10.8. The summed E-state index contributed by atoms with van der Waals surface area (Å²) in [5.74, 6) is 0.693. The number of nitrogens with zero attached hydrogens (tertiary/aromatic N) is 2. The second-order valence-corrected chi connectivity index (χ2v) is 8.63. The van der Waals surface area contributed by atoms with E-state index in [4.69, 9.17) is 4.74 Å². The molecule has 28 heavy (non-hydrogen) atoms. The number of hydrogen-bond acceptors (Lipinski definition) is 4. The van der Waals surface area contributed by atoms with Crippen LogP contribution in [0.3, 0.4) is 0 Å². The van der Waals surface area contributed by atoms with Crippen LogP contribution in [0.15, 0.2) is 56.5 Å². The standard InChI is InChI=1S/C21H23Br2N3O2/c1-28-20-7-6-19(23)12-17(20)13-24-25-21(27)16-8-10-26(11-9-16)14-15-2-4-18(22)5-3-15/h2-7,12-13,16H,8-11,14H2,1H3,(H,25,27)/b24-13-. The van der Waals surface area contributed by atoms with E-state index in [9.17, 15) is 4.79 Å². The summed E-state index contributed by atoms with van der Waals surface area (Å²) in [5.41, 5.74) is 4.78. The largest absolute Gasteiger partial charge is 0.496 e. The van der Waals surface area contributed by atoms with Gasteiger partial charge in [-0.3, -0.25) is 9.69 Å². The summed E-state index contributed by atoms with van der Waals surface area (Å²) in [6.07, 6.45) is 3.31. The molecule has 0 aliphatic carbocycles. The van der Waals surface area contributed by atoms with E-state index >= 15 is 0 Å². The maximum atomic E-state index is 12.4. The Kier molecular flexibility index (Phi) is 7.65. The van der Waals surface area contributed by atoms with Gasteiger partial charge in [0, 0.05) is 27.0 Å². The van der Waals surface area contributed by atoms with Crippen molar-refractivity contribution < 1.29 is 9.53 Å². The normalized spacial score (nSPS) is 15.7. The van der Waals surface area contributed by atoms with Crippen LogP contribution in [0.1, 0.15) is 24.0 Å². The molecule has 2 aromatic rings. The average Bonchev–Trinajstić information content (AvgIpc) is 2.70. The number of carbonyl (C=O) groups is 1. The summed E-state index contributed by atoms with van der Waals surface area (Å²) < 4.78 is 7.33. The number of rotatable bonds is 6. The second-order valence-electron chi connectivity index (χ2n) is 6.80. The number of hydrogen-bond donors (Lipinski definition) is 1. The molecule has 7 heteroatoms. The number of nitrogens with one attached hydrogen (secondary N) is 1. The molecule has 0 radical (unpaired) electrons. The van der Waals surface area contributed by atoms with Crippen LogP contribution in [0.2, 0.25) is 0 Å². The summed E-state index contributed by atoms with van der Waals surface area (Å²) in [6.45, 7) is 2.75. The maximum absolute atomic E-state index is 12.4. The van der Waals surface area contributed by atoms with Crippen LogP contribution >= 0.6 is 31.9 Å². The van der Waals surface area contributed by atoms with E-state index in [1.54, 1.807) is 13.3 Å². The summed E-state index contributed by atoms with van der Waals surface area (Å²) in [5, 5.41) is 4.12. The first kappa shape index (κ1) is 21.0. The van der Waals surface area contributed by atoms with Gasteiger partial charge in [0.2, 0.25) is 5.91 Å². The first-order chi connectivity index (χ1) is 13.5. The van der Waals surface area contributed by atoms with Crippen LogP contribution < -0.4 is 10.2 Å². The third-order valence-electron chi connectivity index (χ3n) is 4.85. The topological polar surface area (TPSA) is 53.9 Å². The SMILES string of the molecule is COc1ccc(Br)cc1/C=N\NC(=O)C1CCN(Cc2ccc(Br)cc2)CC1. The highest BCUT2D eigenvalue weighted by Crippen LogP contribution is 2.22. The molecule has 3 rings (SSSR count). The number of benzene rings is 2. The van der Waals surface area contributed by atoms with Gasteiger partial charge < -0.3 is 4.74 Å². The Balaban J connectivity index is 1.47. The Hall–Kier alpha value is -1.70. The molecule has 5 nitrogen and oxygen atoms in total. The fourth-order valence-corrected chi connectivity index (χ4v) is 3.91. The molecule has 1 amide bonds. The van der Waals surface area contributed by atoms with Crippen molar-refractivity contribution in [3.63, 3.8) is 0 Å². The smallest absolute Gasteiger partial charge is 0.243 e. The zero-order valence-electron chi connectivity index (χ0n) is 15.7. The molecule has 0 atom stereocenters. The van der Waals surface area contributed by atoms with E-state index in [0.717, 1.165) is 47.0 Å². The van der Waals surface area contributed by atoms with Gasteiger partial charge in [0.15, 0.2) is 0 Å². The van der Waals surface area contributed by atoms with Gasteiger partial charge in [0.25, 0.3) is 0 Å². The summed E-state index contributed by atoms with van der Waals surface area (Å²) in [6, 6.07) is 14.0. The van der Waals surface area contributed by atoms with Gasteiger partial charge in [0.05, 0.1) is 13.3 Å². The van der Waals surface area contributed by atoms with Crippen molar-refractivity contribution in [2.45, 2.75) is 19.4 Å². The molecule has 1 heterocycles. The van der Waals surface area contributed by atoms with Crippen molar-refractivity contribution in [2.75, 3.05) is 20.2 Å². The molecule has 1 N–H and O–H groups in total. The molecule has 1 saturated heterocycles. The lowest BCUT2D eigenvalue weighted by Gasteiger charge is -2.30. The lowest BCUT2D eigenvalue weighted by molar-refractivity contribution is -0.126. The Morgan fingerprint density at radius 1 is 1.18 bits per heavy atom. The van der Waals surface area contributed by atoms with E-state index < -0.39 is 0 Å². The third-order valence-corrected chi connectivity index (χ3v) is 5.87. The fraction of sp³-hybridized carbons (Fsp3) is 0.333. The summed E-state index contributed by atoms with van der Waals surface area (Å²) >= 11 is 6.89. The van der Waals surface area contributed by atoms with E-state index in [2.05, 4.69) is 71.6 Å². The van der Waals surface area contributed by atoms with E-state index in [-0.39, 0.29) is 11.8 Å². The minimum atomic E-state index is -0.0199. The second kappa shape index (κ2) is 10.2. The Morgan fingerprint density at radius 3 is 2.54 bits per heavy atom. The molecule has 1 fully saturated rings. The quantitative estimate of drug-likeness (QED) is 0.459. The number of piperidine rings is 1. The first-order valence-electron chi connectivity index (χ1n) is 9.18. The number of halogens is 2. The molecule has 1 aliphatic heterocycles. The number of hydrazone groups is 1. The van der Waals surface area contributed by atoms with Gasteiger partial charge in [-0.2, -0.15) is 5.10 Å². The number of carbonyl (C=O) groups excluding carboxylic acids is 1. The van der Waals surface area contributed by atoms with E-state index in [1.807, 2.05) is 18.2 Å². The van der Waals surface area contributed by atoms with E-state index in [1.165, 1.54) is 5.56 Å². The van der Waals surface area contributed by atoms with Crippen LogP contribution in [-0.4, -0.2) is 37.2 Å². The van der Waals surface area contributed by atoms with Gasteiger partial charge in [-0.1, -0.05) is 44.0 Å². The van der Waals surface area contributed by atoms with Gasteiger partial charge >= 0.3 is 0 Å². The lowest BCUT2D eigenvalue weighted by atomic mass is 9.96. The van der Waals surface area contributed by atoms with Crippen molar-refractivity contribution in [1.29, 1.82) is 0 Å². The number of amides is 1. The molecule has 148 valence electrons. The number of methoxy groups -OCH3 is 1. The average molecular weight is 509 g/mol. The third kappa shape index (κ3) is 5.90. The lowest BCUT2D eigenvalue weighted by Crippen LogP contribution is -2.39. The van der Waals surface area contributed by atoms with Crippen LogP contribution in [-0.2, 0) is 11.3 Å². The molecule has 2 aromatic carbocycles. The zero-order chi connectivity index (χ0) is 19.9. The fourth-order valence-electron chi connectivity index (χ4n) is 3.26. The van der Waals surface area contributed by atoms with Gasteiger partial charge in [-0.05, 0) is 61.8 Å². The molecule has 0 bridgehead atoms. The predicted molar refractivity (Wildman–Crippen MR) is 119 cm³/mol. The van der Waals surface area contributed by atoms with Crippen molar-refractivity contribution in [3.8, 4) is 5.75 Å². The Labute approximate surface area is 182 Å². The van der Waals surface area contributed by atoms with E-state index in [0.29, 0.717) is 5.75 Å². The monoisotopic (exact) mass is 507 g/mol. The minimum Gasteiger partial charge on any atom is -0.496 e. The molecule has 0 spiro atoms. The molecule has 0 saturated carbocycles. The number of likely N-dealkylation sites (tertiary alicyclic amines) is 1. The molecule has 0 unspecified atom stereocenters. The van der Waals surface area contributed by atoms with Crippen molar-refractivity contribution in [1.82, 2.24) is 10.3 Å². The molecular formula is C21H23Br2N3O2. The Bertz CT molecular complexity index is 832. The molecular weight excluding hydrogens is 486 g/mol. The molecule has 1 aliphatic rings. The maximum Gasteiger partial charge on any atom is 0.243 e. The van der Waals surface area contributed by atoms with Crippen LogP contribution in [0.5, 0.6) is 5.75 Å². The highest BCUT2D eigenvalue weighted by molar-refractivity contribution is 9.10. The predicted octanol–water partition coefficient (Wildman–Crippen LogP) is 4.58.